The average Bonchev–Trinajstić information content (AvgIpc) is 2.67. The summed E-state index contributed by atoms with van der Waals surface area (Å²) in [6.07, 6.45) is 1.56. The van der Waals surface area contributed by atoms with E-state index in [-0.39, 0.29) is 18.9 Å². The summed E-state index contributed by atoms with van der Waals surface area (Å²) < 4.78 is 31.0. The van der Waals surface area contributed by atoms with Gasteiger partial charge in [0, 0.05) is 24.2 Å². The number of carbonyl (C=O) groups excluding carboxylic acids is 2. The summed E-state index contributed by atoms with van der Waals surface area (Å²) >= 11 is 0. The van der Waals surface area contributed by atoms with E-state index in [4.69, 9.17) is 10.5 Å². The Bertz CT molecular complexity index is 1000. The third kappa shape index (κ3) is 6.21. The molecule has 0 bridgehead atoms. The van der Waals surface area contributed by atoms with E-state index in [1.54, 1.807) is 49.4 Å². The third-order valence-corrected chi connectivity index (χ3v) is 5.67. The maximum absolute atomic E-state index is 12.3. The molecule has 9 heteroatoms. The van der Waals surface area contributed by atoms with Crippen LogP contribution in [0.2, 0.25) is 0 Å². The Labute approximate surface area is 177 Å². The SMILES string of the molecule is CCOc1ccc(N(CCCC(=O)Nc2cccc(C(N)=O)c2C)S(C)(=O)=O)cc1. The van der Waals surface area contributed by atoms with Gasteiger partial charge >= 0.3 is 0 Å². The highest BCUT2D eigenvalue weighted by Gasteiger charge is 2.18. The first-order valence-corrected chi connectivity index (χ1v) is 11.4. The fourth-order valence-corrected chi connectivity index (χ4v) is 3.96. The second-order valence-corrected chi connectivity index (χ2v) is 8.66. The predicted octanol–water partition coefficient (Wildman–Crippen LogP) is 2.68. The van der Waals surface area contributed by atoms with Crippen LogP contribution in [0.4, 0.5) is 11.4 Å². The van der Waals surface area contributed by atoms with Gasteiger partial charge in [0.05, 0.1) is 18.6 Å². The Morgan fingerprint density at radius 3 is 2.37 bits per heavy atom. The average molecular weight is 434 g/mol. The number of anilines is 2. The molecule has 0 aliphatic heterocycles. The van der Waals surface area contributed by atoms with Crippen molar-refractivity contribution in [2.45, 2.75) is 26.7 Å². The highest BCUT2D eigenvalue weighted by atomic mass is 32.2. The monoisotopic (exact) mass is 433 g/mol. The largest absolute Gasteiger partial charge is 0.494 e. The van der Waals surface area contributed by atoms with Crippen molar-refractivity contribution >= 4 is 33.2 Å². The molecule has 0 aliphatic rings. The van der Waals surface area contributed by atoms with Crippen LogP contribution < -0.4 is 20.1 Å². The second kappa shape index (κ2) is 10.1. The maximum Gasteiger partial charge on any atom is 0.249 e. The van der Waals surface area contributed by atoms with Gasteiger partial charge in [0.25, 0.3) is 0 Å². The number of primary amides is 1. The molecule has 3 N–H and O–H groups in total. The van der Waals surface area contributed by atoms with Gasteiger partial charge in [0.15, 0.2) is 0 Å². The quantitative estimate of drug-likeness (QED) is 0.597. The molecular formula is C21H27N3O5S. The van der Waals surface area contributed by atoms with E-state index in [1.807, 2.05) is 6.92 Å². The number of rotatable bonds is 10. The summed E-state index contributed by atoms with van der Waals surface area (Å²) in [7, 11) is -3.51. The summed E-state index contributed by atoms with van der Waals surface area (Å²) in [5.74, 6) is -0.190. The fourth-order valence-electron chi connectivity index (χ4n) is 3.00. The normalized spacial score (nSPS) is 11.0. The van der Waals surface area contributed by atoms with Gasteiger partial charge in [0.2, 0.25) is 21.8 Å². The number of benzene rings is 2. The van der Waals surface area contributed by atoms with Crippen LogP contribution in [0.3, 0.4) is 0 Å². The van der Waals surface area contributed by atoms with E-state index >= 15 is 0 Å². The molecule has 0 unspecified atom stereocenters. The number of hydrogen-bond donors (Lipinski definition) is 2. The number of ether oxygens (including phenoxy) is 1. The summed E-state index contributed by atoms with van der Waals surface area (Å²) in [4.78, 5) is 23.8. The molecule has 0 spiro atoms. The van der Waals surface area contributed by atoms with E-state index in [0.717, 1.165) is 6.26 Å². The Balaban J connectivity index is 2.01. The molecule has 2 rings (SSSR count). The maximum atomic E-state index is 12.3. The number of nitrogens with two attached hydrogens (primary N) is 1. The Morgan fingerprint density at radius 1 is 1.13 bits per heavy atom. The van der Waals surface area contributed by atoms with E-state index < -0.39 is 15.9 Å². The lowest BCUT2D eigenvalue weighted by atomic mass is 10.1. The minimum atomic E-state index is -3.51. The molecule has 0 heterocycles. The molecular weight excluding hydrogens is 406 g/mol. The molecule has 30 heavy (non-hydrogen) atoms. The second-order valence-electron chi connectivity index (χ2n) is 6.76. The van der Waals surface area contributed by atoms with Gasteiger partial charge < -0.3 is 15.8 Å². The highest BCUT2D eigenvalue weighted by Crippen LogP contribution is 2.23. The van der Waals surface area contributed by atoms with Crippen LogP contribution in [-0.4, -0.2) is 39.6 Å². The van der Waals surface area contributed by atoms with E-state index in [0.29, 0.717) is 41.3 Å². The van der Waals surface area contributed by atoms with Crippen molar-refractivity contribution in [3.63, 3.8) is 0 Å². The molecule has 8 nitrogen and oxygen atoms in total. The molecule has 0 fully saturated rings. The number of carbonyl (C=O) groups is 2. The summed E-state index contributed by atoms with van der Waals surface area (Å²) in [5.41, 5.74) is 7.26. The van der Waals surface area contributed by atoms with Gasteiger partial charge in [-0.2, -0.15) is 0 Å². The molecule has 162 valence electrons. The number of nitrogens with one attached hydrogen (secondary N) is 1. The minimum absolute atomic E-state index is 0.114. The first-order chi connectivity index (χ1) is 14.1. The van der Waals surface area contributed by atoms with Gasteiger partial charge in [-0.25, -0.2) is 8.42 Å². The van der Waals surface area contributed by atoms with E-state index in [1.165, 1.54) is 4.31 Å². The fraction of sp³-hybridized carbons (Fsp3) is 0.333. The first-order valence-electron chi connectivity index (χ1n) is 9.53. The van der Waals surface area contributed by atoms with Crippen LogP contribution in [0, 0.1) is 6.92 Å². The molecule has 0 radical (unpaired) electrons. The van der Waals surface area contributed by atoms with Crippen LogP contribution in [0.5, 0.6) is 5.75 Å². The molecule has 0 saturated heterocycles. The van der Waals surface area contributed by atoms with Crippen molar-refractivity contribution in [1.82, 2.24) is 0 Å². The van der Waals surface area contributed by atoms with E-state index in [2.05, 4.69) is 5.32 Å². The standard InChI is InChI=1S/C21H27N3O5S/c1-4-29-17-12-10-16(11-13-17)24(30(3,27)28)14-6-9-20(25)23-19-8-5-7-18(15(19)2)21(22)26/h5,7-8,10-13H,4,6,9,14H2,1-3H3,(H2,22,26)(H,23,25). The van der Waals surface area contributed by atoms with Gasteiger partial charge in [-0.3, -0.25) is 13.9 Å². The molecule has 2 aromatic rings. The minimum Gasteiger partial charge on any atom is -0.494 e. The highest BCUT2D eigenvalue weighted by molar-refractivity contribution is 7.92. The van der Waals surface area contributed by atoms with Crippen LogP contribution in [0.25, 0.3) is 0 Å². The Hall–Kier alpha value is -3.07. The number of hydrogen-bond acceptors (Lipinski definition) is 5. The van der Waals surface area contributed by atoms with Gasteiger partial charge in [-0.15, -0.1) is 0 Å². The molecule has 2 aromatic carbocycles. The number of nitrogens with zero attached hydrogens (tertiary/aromatic N) is 1. The lowest BCUT2D eigenvalue weighted by Crippen LogP contribution is -2.31. The number of sulfonamides is 1. The van der Waals surface area contributed by atoms with Gasteiger partial charge in [0.1, 0.15) is 5.75 Å². The molecule has 2 amide bonds. The predicted molar refractivity (Wildman–Crippen MR) is 117 cm³/mol. The summed E-state index contributed by atoms with van der Waals surface area (Å²) in [6.45, 7) is 4.24. The van der Waals surface area contributed by atoms with Crippen molar-refractivity contribution < 1.29 is 22.7 Å². The molecule has 0 aliphatic carbocycles. The lowest BCUT2D eigenvalue weighted by molar-refractivity contribution is -0.116. The Morgan fingerprint density at radius 2 is 1.80 bits per heavy atom. The van der Waals surface area contributed by atoms with Crippen LogP contribution in [-0.2, 0) is 14.8 Å². The Kier molecular flexibility index (Phi) is 7.82. The van der Waals surface area contributed by atoms with E-state index in [9.17, 15) is 18.0 Å². The first kappa shape index (κ1) is 23.2. The zero-order valence-corrected chi connectivity index (χ0v) is 18.2. The van der Waals surface area contributed by atoms with Crippen molar-refractivity contribution in [3.05, 3.63) is 53.6 Å². The van der Waals surface area contributed by atoms with Crippen LogP contribution in [0.1, 0.15) is 35.7 Å². The smallest absolute Gasteiger partial charge is 0.249 e. The number of amides is 2. The molecule has 0 aromatic heterocycles. The zero-order chi connectivity index (χ0) is 22.3. The van der Waals surface area contributed by atoms with Crippen LogP contribution >= 0.6 is 0 Å². The van der Waals surface area contributed by atoms with Crippen molar-refractivity contribution in [2.24, 2.45) is 5.73 Å². The van der Waals surface area contributed by atoms with Crippen molar-refractivity contribution in [1.29, 1.82) is 0 Å². The topological polar surface area (TPSA) is 119 Å². The van der Waals surface area contributed by atoms with Gasteiger partial charge in [-0.1, -0.05) is 6.07 Å². The van der Waals surface area contributed by atoms with Gasteiger partial charge in [-0.05, 0) is 62.2 Å². The summed E-state index contributed by atoms with van der Waals surface area (Å²) in [5, 5.41) is 2.75. The van der Waals surface area contributed by atoms with Crippen molar-refractivity contribution in [2.75, 3.05) is 29.0 Å². The molecule has 0 atom stereocenters. The lowest BCUT2D eigenvalue weighted by Gasteiger charge is -2.22. The zero-order valence-electron chi connectivity index (χ0n) is 17.3. The summed E-state index contributed by atoms with van der Waals surface area (Å²) in [6, 6.07) is 11.7. The molecule has 0 saturated carbocycles. The van der Waals surface area contributed by atoms with Crippen molar-refractivity contribution in [3.8, 4) is 5.75 Å². The van der Waals surface area contributed by atoms with Crippen LogP contribution in [0.15, 0.2) is 42.5 Å². The third-order valence-electron chi connectivity index (χ3n) is 4.47.